The van der Waals surface area contributed by atoms with Gasteiger partial charge < -0.3 is 19.6 Å². The van der Waals surface area contributed by atoms with E-state index in [-0.39, 0.29) is 6.04 Å². The minimum Gasteiger partial charge on any atom is -0.370 e. The van der Waals surface area contributed by atoms with Gasteiger partial charge in [0.05, 0.1) is 12.2 Å². The molecule has 4 aromatic heterocycles. The molecule has 1 aromatic carbocycles. The molecule has 5 aromatic rings. The summed E-state index contributed by atoms with van der Waals surface area (Å²) in [7, 11) is 0. The minimum atomic E-state index is 0.216. The highest BCUT2D eigenvalue weighted by atomic mass is 32.1. The first-order valence-electron chi connectivity index (χ1n) is 12.2. The van der Waals surface area contributed by atoms with Crippen molar-refractivity contribution in [1.29, 1.82) is 0 Å². The Morgan fingerprint density at radius 3 is 2.83 bits per heavy atom. The predicted octanol–water partition coefficient (Wildman–Crippen LogP) is 5.47. The van der Waals surface area contributed by atoms with Gasteiger partial charge in [-0.25, -0.2) is 9.97 Å². The van der Waals surface area contributed by atoms with E-state index in [1.807, 2.05) is 6.92 Å². The van der Waals surface area contributed by atoms with Crippen LogP contribution in [0.15, 0.2) is 60.6 Å². The lowest BCUT2D eigenvalue weighted by atomic mass is 10.0. The van der Waals surface area contributed by atoms with Gasteiger partial charge in [-0.3, -0.25) is 0 Å². The summed E-state index contributed by atoms with van der Waals surface area (Å²) in [6.45, 7) is 11.2. The lowest BCUT2D eigenvalue weighted by Gasteiger charge is -2.34. The number of thiazole rings is 1. The van der Waals surface area contributed by atoms with Crippen LogP contribution in [0.5, 0.6) is 0 Å². The van der Waals surface area contributed by atoms with E-state index in [0.717, 1.165) is 77.2 Å². The number of pyridine rings is 1. The Morgan fingerprint density at radius 1 is 1.17 bits per heavy atom. The predicted molar refractivity (Wildman–Crippen MR) is 145 cm³/mol. The Balaban J connectivity index is 1.43. The number of aryl methyl sites for hydroxylation is 2. The minimum absolute atomic E-state index is 0.216. The summed E-state index contributed by atoms with van der Waals surface area (Å²) in [5, 5.41) is 4.42. The number of imidazole rings is 1. The lowest BCUT2D eigenvalue weighted by Crippen LogP contribution is -2.41. The molecule has 1 fully saturated rings. The van der Waals surface area contributed by atoms with Gasteiger partial charge in [0.2, 0.25) is 0 Å². The quantitative estimate of drug-likeness (QED) is 0.361. The van der Waals surface area contributed by atoms with Gasteiger partial charge in [-0.1, -0.05) is 24.8 Å². The van der Waals surface area contributed by atoms with E-state index < -0.39 is 0 Å². The van der Waals surface area contributed by atoms with Gasteiger partial charge in [-0.2, -0.15) is 0 Å². The number of nitrogens with zero attached hydrogens (tertiary/aromatic N) is 5. The number of rotatable bonds is 5. The molecular formula is C28H30N6S. The van der Waals surface area contributed by atoms with E-state index in [9.17, 15) is 0 Å². The smallest absolute Gasteiger partial charge is 0.138 e. The summed E-state index contributed by atoms with van der Waals surface area (Å²) in [4.78, 5) is 12.2. The van der Waals surface area contributed by atoms with Crippen LogP contribution in [0, 0.1) is 13.8 Å². The number of piperidine rings is 1. The lowest BCUT2D eigenvalue weighted by molar-refractivity contribution is 0.296. The first kappa shape index (κ1) is 22.1. The molecule has 1 saturated heterocycles. The van der Waals surface area contributed by atoms with Crippen molar-refractivity contribution in [2.24, 2.45) is 5.73 Å². The topological polar surface area (TPSA) is 64.4 Å². The van der Waals surface area contributed by atoms with Crippen molar-refractivity contribution in [3.63, 3.8) is 0 Å². The summed E-state index contributed by atoms with van der Waals surface area (Å²) in [5.41, 5.74) is 14.8. The molecular weight excluding hydrogens is 452 g/mol. The van der Waals surface area contributed by atoms with E-state index in [4.69, 9.17) is 15.7 Å². The second-order valence-corrected chi connectivity index (χ2v) is 10.5. The van der Waals surface area contributed by atoms with Crippen molar-refractivity contribution in [2.45, 2.75) is 39.3 Å². The van der Waals surface area contributed by atoms with Gasteiger partial charge in [-0.05, 0) is 51.0 Å². The van der Waals surface area contributed by atoms with Crippen LogP contribution in [0.4, 0.5) is 0 Å². The molecule has 0 aliphatic carbocycles. The Bertz CT molecular complexity index is 1550. The molecule has 1 aliphatic rings. The number of benzene rings is 1. The van der Waals surface area contributed by atoms with Crippen molar-refractivity contribution in [2.75, 3.05) is 13.1 Å². The molecule has 0 bridgehead atoms. The Labute approximate surface area is 209 Å². The monoisotopic (exact) mass is 482 g/mol. The molecule has 6 nitrogen and oxygen atoms in total. The van der Waals surface area contributed by atoms with Gasteiger partial charge in [0.1, 0.15) is 16.3 Å². The summed E-state index contributed by atoms with van der Waals surface area (Å²) in [5.74, 6) is 0. The largest absolute Gasteiger partial charge is 0.370 e. The average Bonchev–Trinajstić information content (AvgIpc) is 3.54. The van der Waals surface area contributed by atoms with E-state index in [1.54, 1.807) is 11.3 Å². The van der Waals surface area contributed by atoms with Gasteiger partial charge >= 0.3 is 0 Å². The van der Waals surface area contributed by atoms with E-state index in [1.165, 1.54) is 10.9 Å². The summed E-state index contributed by atoms with van der Waals surface area (Å²) < 4.78 is 4.51. The van der Waals surface area contributed by atoms with Crippen LogP contribution in [-0.4, -0.2) is 43.0 Å². The number of hydrogen-bond acceptors (Lipinski definition) is 5. The second kappa shape index (κ2) is 8.66. The Morgan fingerprint density at radius 2 is 2.03 bits per heavy atom. The number of aromatic nitrogens is 4. The Kier molecular flexibility index (Phi) is 5.46. The summed E-state index contributed by atoms with van der Waals surface area (Å²) in [6.07, 6.45) is 4.31. The highest BCUT2D eigenvalue weighted by molar-refractivity contribution is 7.09. The number of nitrogens with two attached hydrogens (primary N) is 1. The van der Waals surface area contributed by atoms with Crippen molar-refractivity contribution in [3.8, 4) is 11.4 Å². The molecule has 1 aliphatic heterocycles. The molecule has 2 N–H and O–H groups in total. The maximum absolute atomic E-state index is 6.22. The van der Waals surface area contributed by atoms with Gasteiger partial charge in [0.25, 0.3) is 0 Å². The normalized spacial score (nSPS) is 16.4. The van der Waals surface area contributed by atoms with Gasteiger partial charge in [0.15, 0.2) is 0 Å². The van der Waals surface area contributed by atoms with Crippen LogP contribution in [0.3, 0.4) is 0 Å². The zero-order valence-corrected chi connectivity index (χ0v) is 21.1. The molecule has 178 valence electrons. The standard InChI is InChI=1S/C28H30N6S/c1-18-17-35-27(30-18)16-34-24-9-5-4-7-22(24)13-25(34)28-20(3)33-12-10-21(14-26(33)31-28)19(2)32-11-6-8-23(29)15-32/h4-5,7,9-10,12-14,17,23H,2,6,8,11,15-16,29H2,1,3H3/t23-/m1/s1. The third kappa shape index (κ3) is 3.94. The van der Waals surface area contributed by atoms with Crippen LogP contribution in [-0.2, 0) is 6.54 Å². The first-order valence-corrected chi connectivity index (χ1v) is 13.0. The van der Waals surface area contributed by atoms with Crippen molar-refractivity contribution >= 4 is 33.6 Å². The molecule has 0 saturated carbocycles. The highest BCUT2D eigenvalue weighted by Crippen LogP contribution is 2.32. The average molecular weight is 483 g/mol. The van der Waals surface area contributed by atoms with Crippen molar-refractivity contribution < 1.29 is 0 Å². The van der Waals surface area contributed by atoms with Gasteiger partial charge in [0, 0.05) is 64.3 Å². The van der Waals surface area contributed by atoms with Crippen LogP contribution >= 0.6 is 11.3 Å². The maximum Gasteiger partial charge on any atom is 0.138 e. The van der Waals surface area contributed by atoms with Crippen LogP contribution in [0.1, 0.15) is 34.8 Å². The number of fused-ring (bicyclic) bond motifs is 2. The maximum atomic E-state index is 6.22. The zero-order chi connectivity index (χ0) is 24.1. The molecule has 35 heavy (non-hydrogen) atoms. The third-order valence-corrected chi connectivity index (χ3v) is 8.00. The number of likely N-dealkylation sites (tertiary alicyclic amines) is 1. The van der Waals surface area contributed by atoms with Crippen molar-refractivity contribution in [3.05, 3.63) is 82.6 Å². The molecule has 7 heteroatoms. The second-order valence-electron chi connectivity index (χ2n) is 9.54. The fourth-order valence-corrected chi connectivity index (χ4v) is 5.97. The fraction of sp³-hybridized carbons (Fsp3) is 0.286. The van der Waals surface area contributed by atoms with E-state index in [2.05, 4.69) is 81.4 Å². The Hall–Kier alpha value is -3.42. The number of para-hydroxylation sites is 1. The molecule has 1 atom stereocenters. The van der Waals surface area contributed by atoms with Crippen LogP contribution < -0.4 is 5.73 Å². The van der Waals surface area contributed by atoms with E-state index >= 15 is 0 Å². The summed E-state index contributed by atoms with van der Waals surface area (Å²) in [6, 6.07) is 15.3. The molecule has 6 rings (SSSR count). The molecule has 5 heterocycles. The third-order valence-electron chi connectivity index (χ3n) is 7.05. The fourth-order valence-electron chi connectivity index (χ4n) is 5.21. The molecule has 0 spiro atoms. The molecule has 0 amide bonds. The molecule has 0 radical (unpaired) electrons. The van der Waals surface area contributed by atoms with Crippen LogP contribution in [0.25, 0.3) is 33.6 Å². The van der Waals surface area contributed by atoms with Crippen LogP contribution in [0.2, 0.25) is 0 Å². The highest BCUT2D eigenvalue weighted by Gasteiger charge is 2.21. The zero-order valence-electron chi connectivity index (χ0n) is 20.2. The SMILES string of the molecule is C=C(c1ccn2c(C)c(-c3cc4ccccc4n3Cc3nc(C)cs3)nc2c1)N1CCC[C@@H](N)C1. The first-order chi connectivity index (χ1) is 17.0. The number of hydrogen-bond donors (Lipinski definition) is 1. The summed E-state index contributed by atoms with van der Waals surface area (Å²) >= 11 is 1.71. The van der Waals surface area contributed by atoms with Crippen molar-refractivity contribution in [1.82, 2.24) is 23.8 Å². The van der Waals surface area contributed by atoms with Gasteiger partial charge in [-0.15, -0.1) is 11.3 Å². The molecule has 0 unspecified atom stereocenters. The van der Waals surface area contributed by atoms with E-state index in [0.29, 0.717) is 0 Å².